The zero-order chi connectivity index (χ0) is 13.9. The van der Waals surface area contributed by atoms with Gasteiger partial charge in [-0.05, 0) is 31.6 Å². The molecule has 0 atom stereocenters. The highest BCUT2D eigenvalue weighted by molar-refractivity contribution is 7.91. The number of piperidine rings is 1. The Labute approximate surface area is 116 Å². The van der Waals surface area contributed by atoms with Crippen molar-refractivity contribution in [2.75, 3.05) is 19.3 Å². The normalized spacial score (nSPS) is 23.5. The number of likely N-dealkylation sites (tertiary alicyclic amines) is 1. The molecule has 2 aliphatic rings. The Morgan fingerprint density at radius 3 is 2.16 bits per heavy atom. The number of carbonyl (C=O) groups is 1. The summed E-state index contributed by atoms with van der Waals surface area (Å²) in [4.78, 5) is 14.1. The maximum absolute atomic E-state index is 12.2. The second-order valence-corrected chi connectivity index (χ2v) is 8.44. The number of amides is 1. The summed E-state index contributed by atoms with van der Waals surface area (Å²) < 4.78 is 23.0. The molecular weight excluding hydrogens is 262 g/mol. The zero-order valence-electron chi connectivity index (χ0n) is 11.8. The van der Waals surface area contributed by atoms with Crippen LogP contribution in [0.4, 0.5) is 0 Å². The molecule has 0 spiro atoms. The van der Waals surface area contributed by atoms with Crippen molar-refractivity contribution in [2.45, 2.75) is 56.6 Å². The molecule has 0 N–H and O–H groups in total. The number of hydrogen-bond donors (Lipinski definition) is 0. The van der Waals surface area contributed by atoms with E-state index in [1.54, 1.807) is 0 Å². The fourth-order valence-electron chi connectivity index (χ4n) is 3.30. The number of carbonyl (C=O) groups excluding carboxylic acids is 1. The minimum Gasteiger partial charge on any atom is -0.343 e. The summed E-state index contributed by atoms with van der Waals surface area (Å²) in [5.41, 5.74) is 0. The summed E-state index contributed by atoms with van der Waals surface area (Å²) in [6.07, 6.45) is 9.38. The van der Waals surface area contributed by atoms with Gasteiger partial charge in [0.2, 0.25) is 5.91 Å². The lowest BCUT2D eigenvalue weighted by Crippen LogP contribution is -2.42. The Balaban J connectivity index is 1.79. The minimum absolute atomic E-state index is 0.235. The highest BCUT2D eigenvalue weighted by Crippen LogP contribution is 2.27. The van der Waals surface area contributed by atoms with Gasteiger partial charge in [-0.1, -0.05) is 19.3 Å². The van der Waals surface area contributed by atoms with Crippen LogP contribution in [0.5, 0.6) is 0 Å². The quantitative estimate of drug-likeness (QED) is 0.797. The van der Waals surface area contributed by atoms with Gasteiger partial charge >= 0.3 is 0 Å². The lowest BCUT2D eigenvalue weighted by atomic mass is 9.86. The molecule has 4 nitrogen and oxygen atoms in total. The first-order valence-corrected chi connectivity index (χ1v) is 9.39. The summed E-state index contributed by atoms with van der Waals surface area (Å²) in [7, 11) is -2.94. The summed E-state index contributed by atoms with van der Waals surface area (Å²) in [5.74, 6) is 0.799. The SMILES string of the molecule is CS(=O)(=O)C1CCN(C(=O)CC2CCCCC2)CC1. The van der Waals surface area contributed by atoms with Crippen LogP contribution in [-0.4, -0.2) is 43.8 Å². The molecule has 1 aliphatic carbocycles. The molecule has 5 heteroatoms. The highest BCUT2D eigenvalue weighted by Gasteiger charge is 2.29. The van der Waals surface area contributed by atoms with E-state index in [1.807, 2.05) is 4.90 Å². The average Bonchev–Trinajstić information content (AvgIpc) is 2.39. The predicted octanol–water partition coefficient (Wildman–Crippen LogP) is 1.99. The fraction of sp³-hybridized carbons (Fsp3) is 0.929. The van der Waals surface area contributed by atoms with E-state index in [1.165, 1.54) is 38.4 Å². The van der Waals surface area contributed by atoms with Crippen molar-refractivity contribution in [1.29, 1.82) is 0 Å². The van der Waals surface area contributed by atoms with E-state index >= 15 is 0 Å². The largest absolute Gasteiger partial charge is 0.343 e. The Hall–Kier alpha value is -0.580. The van der Waals surface area contributed by atoms with Crippen molar-refractivity contribution >= 4 is 15.7 Å². The first-order chi connectivity index (χ1) is 8.97. The monoisotopic (exact) mass is 287 g/mol. The lowest BCUT2D eigenvalue weighted by Gasteiger charge is -2.32. The van der Waals surface area contributed by atoms with E-state index in [0.717, 1.165) is 0 Å². The maximum atomic E-state index is 12.2. The van der Waals surface area contributed by atoms with Crippen molar-refractivity contribution in [3.05, 3.63) is 0 Å². The Morgan fingerprint density at radius 2 is 1.63 bits per heavy atom. The van der Waals surface area contributed by atoms with Crippen molar-refractivity contribution in [2.24, 2.45) is 5.92 Å². The zero-order valence-corrected chi connectivity index (χ0v) is 12.6. The van der Waals surface area contributed by atoms with E-state index in [2.05, 4.69) is 0 Å². The van der Waals surface area contributed by atoms with Crippen LogP contribution in [0.15, 0.2) is 0 Å². The second-order valence-electron chi connectivity index (χ2n) is 6.12. The van der Waals surface area contributed by atoms with Crippen LogP contribution < -0.4 is 0 Å². The van der Waals surface area contributed by atoms with Crippen LogP contribution in [0.3, 0.4) is 0 Å². The maximum Gasteiger partial charge on any atom is 0.222 e. The molecule has 0 bridgehead atoms. The van der Waals surface area contributed by atoms with Crippen LogP contribution in [0.2, 0.25) is 0 Å². The molecule has 1 amide bonds. The Kier molecular flexibility index (Phi) is 4.87. The summed E-state index contributed by atoms with van der Waals surface area (Å²) >= 11 is 0. The molecule has 1 saturated carbocycles. The summed E-state index contributed by atoms with van der Waals surface area (Å²) in [5, 5.41) is -0.244. The number of rotatable bonds is 3. The molecule has 2 fully saturated rings. The molecule has 1 saturated heterocycles. The van der Waals surface area contributed by atoms with Crippen LogP contribution >= 0.6 is 0 Å². The van der Waals surface area contributed by atoms with Crippen molar-refractivity contribution in [3.8, 4) is 0 Å². The molecule has 19 heavy (non-hydrogen) atoms. The summed E-state index contributed by atoms with van der Waals surface area (Å²) in [6, 6.07) is 0. The third-order valence-electron chi connectivity index (χ3n) is 4.59. The van der Waals surface area contributed by atoms with Crippen molar-refractivity contribution in [3.63, 3.8) is 0 Å². The van der Waals surface area contributed by atoms with Crippen LogP contribution in [-0.2, 0) is 14.6 Å². The predicted molar refractivity (Wildman–Crippen MR) is 75.6 cm³/mol. The van der Waals surface area contributed by atoms with Gasteiger partial charge in [0.15, 0.2) is 0 Å². The highest BCUT2D eigenvalue weighted by atomic mass is 32.2. The van der Waals surface area contributed by atoms with Crippen LogP contribution in [0, 0.1) is 5.92 Å². The molecule has 1 heterocycles. The van der Waals surface area contributed by atoms with Crippen LogP contribution in [0.25, 0.3) is 0 Å². The topological polar surface area (TPSA) is 54.5 Å². The summed E-state index contributed by atoms with van der Waals surface area (Å²) in [6.45, 7) is 1.23. The molecule has 0 aromatic carbocycles. The Bertz CT molecular complexity index is 404. The molecule has 0 aromatic heterocycles. The minimum atomic E-state index is -2.94. The first kappa shape index (κ1) is 14.8. The molecular formula is C14H25NO3S. The van der Waals surface area contributed by atoms with Gasteiger partial charge in [0.05, 0.1) is 5.25 Å². The molecule has 0 aromatic rings. The van der Waals surface area contributed by atoms with Gasteiger partial charge in [0, 0.05) is 25.8 Å². The molecule has 1 aliphatic heterocycles. The van der Waals surface area contributed by atoms with E-state index < -0.39 is 9.84 Å². The molecule has 0 unspecified atom stereocenters. The number of sulfone groups is 1. The van der Waals surface area contributed by atoms with Gasteiger partial charge in [0.1, 0.15) is 9.84 Å². The molecule has 2 rings (SSSR count). The second kappa shape index (κ2) is 6.25. The van der Waals surface area contributed by atoms with Crippen LogP contribution in [0.1, 0.15) is 51.4 Å². The van der Waals surface area contributed by atoms with Gasteiger partial charge < -0.3 is 4.90 Å². The van der Waals surface area contributed by atoms with Crippen molar-refractivity contribution in [1.82, 2.24) is 4.90 Å². The third kappa shape index (κ3) is 4.20. The smallest absolute Gasteiger partial charge is 0.222 e. The average molecular weight is 287 g/mol. The van der Waals surface area contributed by atoms with Gasteiger partial charge in [-0.25, -0.2) is 8.42 Å². The number of hydrogen-bond acceptors (Lipinski definition) is 3. The van der Waals surface area contributed by atoms with E-state index in [0.29, 0.717) is 38.3 Å². The lowest BCUT2D eigenvalue weighted by molar-refractivity contribution is -0.133. The van der Waals surface area contributed by atoms with E-state index in [9.17, 15) is 13.2 Å². The van der Waals surface area contributed by atoms with Gasteiger partial charge in [-0.3, -0.25) is 4.79 Å². The van der Waals surface area contributed by atoms with E-state index in [4.69, 9.17) is 0 Å². The molecule has 110 valence electrons. The van der Waals surface area contributed by atoms with Gasteiger partial charge in [0.25, 0.3) is 0 Å². The molecule has 0 radical (unpaired) electrons. The standard InChI is InChI=1S/C14H25NO3S/c1-19(17,18)13-7-9-15(10-8-13)14(16)11-12-5-3-2-4-6-12/h12-13H,2-11H2,1H3. The van der Waals surface area contributed by atoms with E-state index in [-0.39, 0.29) is 11.2 Å². The fourth-order valence-corrected chi connectivity index (χ4v) is 4.37. The Morgan fingerprint density at radius 1 is 1.05 bits per heavy atom. The van der Waals surface area contributed by atoms with Gasteiger partial charge in [-0.2, -0.15) is 0 Å². The van der Waals surface area contributed by atoms with Crippen molar-refractivity contribution < 1.29 is 13.2 Å². The van der Waals surface area contributed by atoms with Gasteiger partial charge in [-0.15, -0.1) is 0 Å². The number of nitrogens with zero attached hydrogens (tertiary/aromatic N) is 1. The first-order valence-electron chi connectivity index (χ1n) is 7.43. The third-order valence-corrected chi connectivity index (χ3v) is 6.27.